The fraction of sp³-hybridized carbons (Fsp3) is 0.417. The lowest BCUT2D eigenvalue weighted by molar-refractivity contribution is -0.121. The zero-order valence-electron chi connectivity index (χ0n) is 9.08. The van der Waals surface area contributed by atoms with Gasteiger partial charge < -0.3 is 10.4 Å². The Kier molecular flexibility index (Phi) is 5.90. The van der Waals surface area contributed by atoms with E-state index in [1.54, 1.807) is 0 Å². The van der Waals surface area contributed by atoms with Crippen molar-refractivity contribution in [2.24, 2.45) is 0 Å². The van der Waals surface area contributed by atoms with E-state index in [2.05, 4.69) is 5.32 Å². The van der Waals surface area contributed by atoms with E-state index in [1.165, 1.54) is 0 Å². The first kappa shape index (κ1) is 13.0. The van der Waals surface area contributed by atoms with Gasteiger partial charge in [0.2, 0.25) is 5.91 Å². The molecule has 0 aliphatic rings. The highest BCUT2D eigenvalue weighted by Gasteiger charge is 2.01. The number of halogens is 1. The van der Waals surface area contributed by atoms with Crippen molar-refractivity contribution in [3.63, 3.8) is 0 Å². The SMILES string of the molecule is O=C(CCCCl)NCc1cccc(CO)c1. The van der Waals surface area contributed by atoms with E-state index in [1.807, 2.05) is 24.3 Å². The van der Waals surface area contributed by atoms with Gasteiger partial charge in [-0.05, 0) is 17.5 Å². The molecule has 0 aliphatic carbocycles. The number of benzene rings is 1. The Balaban J connectivity index is 2.38. The van der Waals surface area contributed by atoms with Gasteiger partial charge in [-0.15, -0.1) is 11.6 Å². The third-order valence-electron chi connectivity index (χ3n) is 2.20. The molecule has 0 saturated heterocycles. The van der Waals surface area contributed by atoms with Gasteiger partial charge in [0.1, 0.15) is 0 Å². The fourth-order valence-electron chi connectivity index (χ4n) is 1.35. The second kappa shape index (κ2) is 7.25. The maximum absolute atomic E-state index is 11.3. The van der Waals surface area contributed by atoms with E-state index >= 15 is 0 Å². The van der Waals surface area contributed by atoms with Crippen molar-refractivity contribution in [1.82, 2.24) is 5.32 Å². The predicted octanol–water partition coefficient (Wildman–Crippen LogP) is 1.81. The van der Waals surface area contributed by atoms with Crippen LogP contribution in [0.15, 0.2) is 24.3 Å². The molecule has 0 unspecified atom stereocenters. The maximum atomic E-state index is 11.3. The van der Waals surface area contributed by atoms with Gasteiger partial charge in [-0.1, -0.05) is 24.3 Å². The van der Waals surface area contributed by atoms with E-state index < -0.39 is 0 Å². The minimum absolute atomic E-state index is 0.00931. The molecule has 0 aromatic heterocycles. The quantitative estimate of drug-likeness (QED) is 0.747. The number of aliphatic hydroxyl groups is 1. The Morgan fingerprint density at radius 3 is 2.81 bits per heavy atom. The average molecular weight is 242 g/mol. The van der Waals surface area contributed by atoms with Gasteiger partial charge in [-0.25, -0.2) is 0 Å². The standard InChI is InChI=1S/C12H16ClNO2/c13-6-2-5-12(16)14-8-10-3-1-4-11(7-10)9-15/h1,3-4,7,15H,2,5-6,8-9H2,(H,14,16). The molecule has 0 bridgehead atoms. The van der Waals surface area contributed by atoms with Crippen LogP contribution in [-0.2, 0) is 17.9 Å². The number of amides is 1. The summed E-state index contributed by atoms with van der Waals surface area (Å²) >= 11 is 5.49. The van der Waals surface area contributed by atoms with Gasteiger partial charge in [0.15, 0.2) is 0 Å². The molecule has 16 heavy (non-hydrogen) atoms. The summed E-state index contributed by atoms with van der Waals surface area (Å²) in [6.07, 6.45) is 1.16. The highest BCUT2D eigenvalue weighted by atomic mass is 35.5. The summed E-state index contributed by atoms with van der Waals surface area (Å²) < 4.78 is 0. The van der Waals surface area contributed by atoms with Crippen LogP contribution in [0, 0.1) is 0 Å². The molecule has 88 valence electrons. The number of carbonyl (C=O) groups is 1. The van der Waals surface area contributed by atoms with Crippen molar-refractivity contribution in [3.05, 3.63) is 35.4 Å². The Morgan fingerprint density at radius 2 is 2.12 bits per heavy atom. The summed E-state index contributed by atoms with van der Waals surface area (Å²) in [5.74, 6) is 0.517. The molecular formula is C12H16ClNO2. The average Bonchev–Trinajstić information content (AvgIpc) is 2.34. The van der Waals surface area contributed by atoms with Crippen LogP contribution in [0.1, 0.15) is 24.0 Å². The molecule has 1 aromatic carbocycles. The minimum Gasteiger partial charge on any atom is -0.392 e. The lowest BCUT2D eigenvalue weighted by Crippen LogP contribution is -2.22. The molecule has 3 nitrogen and oxygen atoms in total. The fourth-order valence-corrected chi connectivity index (χ4v) is 1.49. The second-order valence-corrected chi connectivity index (χ2v) is 3.93. The first-order valence-electron chi connectivity index (χ1n) is 5.27. The molecule has 0 fully saturated rings. The zero-order valence-corrected chi connectivity index (χ0v) is 9.83. The maximum Gasteiger partial charge on any atom is 0.220 e. The van der Waals surface area contributed by atoms with Crippen molar-refractivity contribution in [2.75, 3.05) is 5.88 Å². The summed E-state index contributed by atoms with van der Waals surface area (Å²) in [4.78, 5) is 11.3. The largest absolute Gasteiger partial charge is 0.392 e. The van der Waals surface area contributed by atoms with Crippen molar-refractivity contribution in [2.45, 2.75) is 26.0 Å². The molecule has 0 aliphatic heterocycles. The number of hydrogen-bond acceptors (Lipinski definition) is 2. The van der Waals surface area contributed by atoms with Gasteiger partial charge in [0.05, 0.1) is 6.61 Å². The number of alkyl halides is 1. The van der Waals surface area contributed by atoms with E-state index in [0.717, 1.165) is 11.1 Å². The first-order valence-corrected chi connectivity index (χ1v) is 5.81. The summed E-state index contributed by atoms with van der Waals surface area (Å²) in [6, 6.07) is 7.51. The number of rotatable bonds is 6. The topological polar surface area (TPSA) is 49.3 Å². The normalized spacial score (nSPS) is 10.1. The van der Waals surface area contributed by atoms with Crippen LogP contribution < -0.4 is 5.32 Å². The van der Waals surface area contributed by atoms with Gasteiger partial charge in [-0.2, -0.15) is 0 Å². The van der Waals surface area contributed by atoms with Crippen molar-refractivity contribution in [3.8, 4) is 0 Å². The van der Waals surface area contributed by atoms with Gasteiger partial charge in [0, 0.05) is 18.8 Å². The van der Waals surface area contributed by atoms with Crippen LogP contribution in [0.3, 0.4) is 0 Å². The summed E-state index contributed by atoms with van der Waals surface area (Å²) in [5.41, 5.74) is 1.85. The first-order chi connectivity index (χ1) is 7.76. The van der Waals surface area contributed by atoms with Gasteiger partial charge in [0.25, 0.3) is 0 Å². The lowest BCUT2D eigenvalue weighted by atomic mass is 10.1. The summed E-state index contributed by atoms with van der Waals surface area (Å²) in [6.45, 7) is 0.517. The third-order valence-corrected chi connectivity index (χ3v) is 2.47. The Labute approximate surface area is 100 Å². The smallest absolute Gasteiger partial charge is 0.220 e. The van der Waals surface area contributed by atoms with Gasteiger partial charge >= 0.3 is 0 Å². The Hall–Kier alpha value is -1.06. The van der Waals surface area contributed by atoms with Crippen molar-refractivity contribution in [1.29, 1.82) is 0 Å². The van der Waals surface area contributed by atoms with Crippen LogP contribution in [0.4, 0.5) is 0 Å². The molecule has 0 radical (unpaired) electrons. The lowest BCUT2D eigenvalue weighted by Gasteiger charge is -2.05. The van der Waals surface area contributed by atoms with E-state index in [-0.39, 0.29) is 12.5 Å². The highest BCUT2D eigenvalue weighted by molar-refractivity contribution is 6.17. The Bertz CT molecular complexity index is 342. The molecule has 1 rings (SSSR count). The van der Waals surface area contributed by atoms with E-state index in [4.69, 9.17) is 16.7 Å². The zero-order chi connectivity index (χ0) is 11.8. The third kappa shape index (κ3) is 4.64. The molecule has 0 heterocycles. The minimum atomic E-state index is 0.00931. The van der Waals surface area contributed by atoms with Crippen molar-refractivity contribution >= 4 is 17.5 Å². The Morgan fingerprint density at radius 1 is 1.38 bits per heavy atom. The summed E-state index contributed by atoms with van der Waals surface area (Å²) in [5, 5.41) is 11.8. The van der Waals surface area contributed by atoms with Crippen LogP contribution in [0.2, 0.25) is 0 Å². The van der Waals surface area contributed by atoms with Crippen LogP contribution in [0.5, 0.6) is 0 Å². The molecule has 2 N–H and O–H groups in total. The van der Waals surface area contributed by atoms with Crippen LogP contribution in [0.25, 0.3) is 0 Å². The number of nitrogens with one attached hydrogen (secondary N) is 1. The molecule has 4 heteroatoms. The molecule has 0 atom stereocenters. The van der Waals surface area contributed by atoms with Gasteiger partial charge in [-0.3, -0.25) is 4.79 Å². The van der Waals surface area contributed by atoms with E-state index in [9.17, 15) is 4.79 Å². The predicted molar refractivity (Wildman–Crippen MR) is 64.2 cm³/mol. The highest BCUT2D eigenvalue weighted by Crippen LogP contribution is 2.05. The molecule has 0 spiro atoms. The molecule has 0 saturated carbocycles. The van der Waals surface area contributed by atoms with Crippen LogP contribution in [-0.4, -0.2) is 16.9 Å². The number of aliphatic hydroxyl groups excluding tert-OH is 1. The summed E-state index contributed by atoms with van der Waals surface area (Å²) in [7, 11) is 0. The molecule has 1 aromatic rings. The van der Waals surface area contributed by atoms with Crippen LogP contribution >= 0.6 is 11.6 Å². The monoisotopic (exact) mass is 241 g/mol. The number of carbonyl (C=O) groups excluding carboxylic acids is 1. The molecular weight excluding hydrogens is 226 g/mol. The number of hydrogen-bond donors (Lipinski definition) is 2. The van der Waals surface area contributed by atoms with E-state index in [0.29, 0.717) is 25.3 Å². The van der Waals surface area contributed by atoms with Crippen molar-refractivity contribution < 1.29 is 9.90 Å². The molecule has 1 amide bonds. The second-order valence-electron chi connectivity index (χ2n) is 3.55.